The minimum atomic E-state index is -4.18. The maximum absolute atomic E-state index is 12.2. The third-order valence-electron chi connectivity index (χ3n) is 4.60. The largest absolute Gasteiger partial charge is 0.390 e. The molecule has 0 aromatic heterocycles. The van der Waals surface area contributed by atoms with Gasteiger partial charge in [-0.1, -0.05) is 13.8 Å². The van der Waals surface area contributed by atoms with Crippen molar-refractivity contribution in [3.63, 3.8) is 0 Å². The molecule has 0 spiro atoms. The lowest BCUT2D eigenvalue weighted by Crippen LogP contribution is -2.69. The van der Waals surface area contributed by atoms with E-state index in [1.165, 1.54) is 0 Å². The van der Waals surface area contributed by atoms with Crippen molar-refractivity contribution in [1.29, 1.82) is 0 Å². The molecule has 0 amide bonds. The SMILES string of the molecule is CCNC(=NCCC(F)(F)F)NC1CC(C)(OC)C1(C)C. The number of aliphatic imine (C=N–C) groups is 1. The summed E-state index contributed by atoms with van der Waals surface area (Å²) in [5, 5.41) is 6.19. The Hall–Kier alpha value is -0.980. The summed E-state index contributed by atoms with van der Waals surface area (Å²) >= 11 is 0. The van der Waals surface area contributed by atoms with Crippen LogP contribution in [0.25, 0.3) is 0 Å². The summed E-state index contributed by atoms with van der Waals surface area (Å²) in [6, 6.07) is 0.117. The van der Waals surface area contributed by atoms with E-state index < -0.39 is 12.6 Å². The van der Waals surface area contributed by atoms with Crippen LogP contribution in [0.15, 0.2) is 4.99 Å². The number of rotatable bonds is 5. The zero-order valence-corrected chi connectivity index (χ0v) is 13.4. The normalized spacial score (nSPS) is 29.0. The Bertz CT molecular complexity index is 382. The second kappa shape index (κ2) is 6.42. The van der Waals surface area contributed by atoms with E-state index in [0.29, 0.717) is 12.5 Å². The average molecular weight is 309 g/mol. The fraction of sp³-hybridized carbons (Fsp3) is 0.929. The van der Waals surface area contributed by atoms with Gasteiger partial charge >= 0.3 is 6.18 Å². The lowest BCUT2D eigenvalue weighted by atomic mass is 9.56. The third kappa shape index (κ3) is 4.25. The van der Waals surface area contributed by atoms with E-state index in [9.17, 15) is 13.2 Å². The Balaban J connectivity index is 2.62. The van der Waals surface area contributed by atoms with E-state index in [0.717, 1.165) is 6.42 Å². The monoisotopic (exact) mass is 309 g/mol. The Labute approximate surface area is 124 Å². The van der Waals surface area contributed by atoms with Crippen molar-refractivity contribution in [3.05, 3.63) is 0 Å². The van der Waals surface area contributed by atoms with Crippen molar-refractivity contribution in [2.45, 2.75) is 58.4 Å². The molecule has 2 N–H and O–H groups in total. The molecule has 0 radical (unpaired) electrons. The van der Waals surface area contributed by atoms with Crippen molar-refractivity contribution in [2.24, 2.45) is 10.4 Å². The molecule has 0 bridgehead atoms. The standard InChI is InChI=1S/C14H26F3N3O/c1-6-18-11(19-8-7-14(15,16)17)20-10-9-13(4,21-5)12(10,2)3/h10H,6-9H2,1-5H3,(H2,18,19,20). The number of nitrogens with zero attached hydrogens (tertiary/aromatic N) is 1. The highest BCUT2D eigenvalue weighted by molar-refractivity contribution is 5.80. The number of methoxy groups -OCH3 is 1. The molecule has 21 heavy (non-hydrogen) atoms. The van der Waals surface area contributed by atoms with Gasteiger partial charge < -0.3 is 15.4 Å². The second-order valence-electron chi connectivity index (χ2n) is 6.18. The van der Waals surface area contributed by atoms with Crippen LogP contribution in [0.1, 0.15) is 40.5 Å². The Morgan fingerprint density at radius 2 is 1.95 bits per heavy atom. The summed E-state index contributed by atoms with van der Waals surface area (Å²) in [5.41, 5.74) is -0.351. The van der Waals surface area contributed by atoms with Crippen LogP contribution in [0.5, 0.6) is 0 Å². The number of hydrogen-bond acceptors (Lipinski definition) is 2. The van der Waals surface area contributed by atoms with Crippen molar-refractivity contribution in [2.75, 3.05) is 20.2 Å². The van der Waals surface area contributed by atoms with Crippen LogP contribution >= 0.6 is 0 Å². The first-order chi connectivity index (χ1) is 9.55. The van der Waals surface area contributed by atoms with Gasteiger partial charge in [0.25, 0.3) is 0 Å². The number of guanidine groups is 1. The number of nitrogens with one attached hydrogen (secondary N) is 2. The fourth-order valence-corrected chi connectivity index (χ4v) is 2.50. The van der Waals surface area contributed by atoms with Crippen molar-refractivity contribution in [1.82, 2.24) is 10.6 Å². The molecule has 124 valence electrons. The Kier molecular flexibility index (Phi) is 5.52. The molecule has 1 saturated carbocycles. The van der Waals surface area contributed by atoms with Crippen molar-refractivity contribution in [3.8, 4) is 0 Å². The molecule has 1 rings (SSSR count). The van der Waals surface area contributed by atoms with Crippen LogP contribution in [0.3, 0.4) is 0 Å². The Morgan fingerprint density at radius 3 is 2.38 bits per heavy atom. The molecule has 2 atom stereocenters. The number of ether oxygens (including phenoxy) is 1. The lowest BCUT2D eigenvalue weighted by molar-refractivity contribution is -0.176. The fourth-order valence-electron chi connectivity index (χ4n) is 2.50. The maximum Gasteiger partial charge on any atom is 0.390 e. The van der Waals surface area contributed by atoms with Gasteiger partial charge in [-0.2, -0.15) is 13.2 Å². The highest BCUT2D eigenvalue weighted by atomic mass is 19.4. The predicted molar refractivity (Wildman–Crippen MR) is 77.4 cm³/mol. The Morgan fingerprint density at radius 1 is 1.33 bits per heavy atom. The summed E-state index contributed by atoms with van der Waals surface area (Å²) in [4.78, 5) is 3.99. The molecule has 7 heteroatoms. The van der Waals surface area contributed by atoms with Gasteiger partial charge in [-0.3, -0.25) is 4.99 Å². The quantitative estimate of drug-likeness (QED) is 0.606. The molecule has 1 fully saturated rings. The van der Waals surface area contributed by atoms with Gasteiger partial charge in [0, 0.05) is 25.1 Å². The van der Waals surface area contributed by atoms with Crippen LogP contribution in [-0.4, -0.2) is 44.0 Å². The summed E-state index contributed by atoms with van der Waals surface area (Å²) in [6.07, 6.45) is -4.29. The van der Waals surface area contributed by atoms with Crippen molar-refractivity contribution < 1.29 is 17.9 Å². The van der Waals surface area contributed by atoms with E-state index in [2.05, 4.69) is 29.5 Å². The first-order valence-corrected chi connectivity index (χ1v) is 7.22. The molecule has 0 aromatic carbocycles. The van der Waals surface area contributed by atoms with Gasteiger partial charge in [0.05, 0.1) is 18.6 Å². The molecule has 0 saturated heterocycles. The second-order valence-corrected chi connectivity index (χ2v) is 6.18. The minimum absolute atomic E-state index is 0.117. The number of halogens is 3. The molecule has 0 heterocycles. The minimum Gasteiger partial charge on any atom is -0.378 e. The summed E-state index contributed by atoms with van der Waals surface area (Å²) < 4.78 is 42.1. The van der Waals surface area contributed by atoms with Gasteiger partial charge in [0.1, 0.15) is 0 Å². The van der Waals surface area contributed by atoms with Crippen LogP contribution in [0.4, 0.5) is 13.2 Å². The third-order valence-corrected chi connectivity index (χ3v) is 4.60. The highest BCUT2D eigenvalue weighted by Crippen LogP contribution is 2.51. The van der Waals surface area contributed by atoms with Gasteiger partial charge in [0.2, 0.25) is 0 Å². The zero-order valence-electron chi connectivity index (χ0n) is 13.4. The molecule has 1 aliphatic rings. The van der Waals surface area contributed by atoms with Gasteiger partial charge in [-0.15, -0.1) is 0 Å². The van der Waals surface area contributed by atoms with E-state index >= 15 is 0 Å². The number of hydrogen-bond donors (Lipinski definition) is 2. The van der Waals surface area contributed by atoms with Crippen LogP contribution in [-0.2, 0) is 4.74 Å². The predicted octanol–water partition coefficient (Wildman–Crippen LogP) is 2.70. The van der Waals surface area contributed by atoms with E-state index in [1.807, 2.05) is 13.8 Å². The first-order valence-electron chi connectivity index (χ1n) is 7.22. The molecule has 0 aromatic rings. The van der Waals surface area contributed by atoms with Gasteiger partial charge in [-0.25, -0.2) is 0 Å². The van der Waals surface area contributed by atoms with E-state index in [1.54, 1.807) is 7.11 Å². The number of alkyl halides is 3. The first kappa shape index (κ1) is 18.1. The topological polar surface area (TPSA) is 45.7 Å². The van der Waals surface area contributed by atoms with Crippen LogP contribution in [0, 0.1) is 5.41 Å². The molecule has 4 nitrogen and oxygen atoms in total. The summed E-state index contributed by atoms with van der Waals surface area (Å²) in [5.74, 6) is 0.429. The van der Waals surface area contributed by atoms with E-state index in [-0.39, 0.29) is 23.6 Å². The average Bonchev–Trinajstić information content (AvgIpc) is 2.36. The van der Waals surface area contributed by atoms with E-state index in [4.69, 9.17) is 4.74 Å². The van der Waals surface area contributed by atoms with Crippen molar-refractivity contribution >= 4 is 5.96 Å². The summed E-state index contributed by atoms with van der Waals surface area (Å²) in [6.45, 7) is 8.42. The smallest absolute Gasteiger partial charge is 0.378 e. The molecule has 2 unspecified atom stereocenters. The highest BCUT2D eigenvalue weighted by Gasteiger charge is 2.58. The maximum atomic E-state index is 12.2. The van der Waals surface area contributed by atoms with Crippen LogP contribution < -0.4 is 10.6 Å². The summed E-state index contributed by atoms with van der Waals surface area (Å²) in [7, 11) is 1.68. The van der Waals surface area contributed by atoms with Gasteiger partial charge in [0.15, 0.2) is 5.96 Å². The molecule has 0 aliphatic heterocycles. The lowest BCUT2D eigenvalue weighted by Gasteiger charge is -2.59. The zero-order chi connectivity index (χ0) is 16.3. The van der Waals surface area contributed by atoms with Gasteiger partial charge in [-0.05, 0) is 20.3 Å². The molecular weight excluding hydrogens is 283 g/mol. The molecular formula is C14H26F3N3O. The van der Waals surface area contributed by atoms with Crippen LogP contribution in [0.2, 0.25) is 0 Å². The molecule has 1 aliphatic carbocycles.